The van der Waals surface area contributed by atoms with Crippen molar-refractivity contribution in [2.75, 3.05) is 26.3 Å². The molecule has 1 aromatic carbocycles. The Hall–Kier alpha value is -0.910. The highest BCUT2D eigenvalue weighted by molar-refractivity contribution is 9.10. The first-order valence-electron chi connectivity index (χ1n) is 5.89. The van der Waals surface area contributed by atoms with Crippen LogP contribution in [0.25, 0.3) is 0 Å². The van der Waals surface area contributed by atoms with Crippen molar-refractivity contribution in [1.82, 2.24) is 5.32 Å². The van der Waals surface area contributed by atoms with Crippen molar-refractivity contribution < 1.29 is 14.6 Å². The van der Waals surface area contributed by atoms with E-state index in [4.69, 9.17) is 9.84 Å². The van der Waals surface area contributed by atoms with Crippen molar-refractivity contribution in [2.24, 2.45) is 5.41 Å². The molecule has 1 saturated heterocycles. The van der Waals surface area contributed by atoms with Crippen LogP contribution >= 0.6 is 15.9 Å². The van der Waals surface area contributed by atoms with E-state index >= 15 is 0 Å². The van der Waals surface area contributed by atoms with Crippen molar-refractivity contribution >= 4 is 21.9 Å². The van der Waals surface area contributed by atoms with E-state index in [0.29, 0.717) is 19.8 Å². The van der Waals surface area contributed by atoms with Gasteiger partial charge in [0.05, 0.1) is 13.2 Å². The minimum Gasteiger partial charge on any atom is -0.481 e. The Bertz CT molecular complexity index is 432. The second kappa shape index (κ2) is 5.82. The third-order valence-electron chi connectivity index (χ3n) is 3.15. The van der Waals surface area contributed by atoms with Crippen LogP contribution in [0.3, 0.4) is 0 Å². The minimum atomic E-state index is -0.774. The number of ether oxygens (including phenoxy) is 1. The zero-order chi connectivity index (χ0) is 13.0. The molecule has 0 radical (unpaired) electrons. The fraction of sp³-hybridized carbons (Fsp3) is 0.462. The van der Waals surface area contributed by atoms with E-state index in [-0.39, 0.29) is 0 Å². The van der Waals surface area contributed by atoms with E-state index in [1.165, 1.54) is 5.56 Å². The zero-order valence-corrected chi connectivity index (χ0v) is 11.6. The van der Waals surface area contributed by atoms with Crippen molar-refractivity contribution in [3.8, 4) is 0 Å². The van der Waals surface area contributed by atoms with Crippen molar-refractivity contribution in [1.29, 1.82) is 0 Å². The van der Waals surface area contributed by atoms with Crippen molar-refractivity contribution in [3.63, 3.8) is 0 Å². The smallest absolute Gasteiger partial charge is 0.315 e. The molecule has 0 atom stereocenters. The van der Waals surface area contributed by atoms with E-state index in [0.717, 1.165) is 17.4 Å². The monoisotopic (exact) mass is 313 g/mol. The SMILES string of the molecule is O=C(O)C1(CNCCc2cccc(Br)c2)COC1. The second-order valence-corrected chi connectivity index (χ2v) is 5.55. The lowest BCUT2D eigenvalue weighted by molar-refractivity contribution is -0.178. The van der Waals surface area contributed by atoms with Crippen LogP contribution in [0.15, 0.2) is 28.7 Å². The summed E-state index contributed by atoms with van der Waals surface area (Å²) in [6, 6.07) is 8.12. The summed E-state index contributed by atoms with van der Waals surface area (Å²) >= 11 is 3.43. The van der Waals surface area contributed by atoms with E-state index in [1.807, 2.05) is 12.1 Å². The van der Waals surface area contributed by atoms with E-state index in [2.05, 4.69) is 33.4 Å². The number of nitrogens with one attached hydrogen (secondary N) is 1. The van der Waals surface area contributed by atoms with Gasteiger partial charge in [-0.15, -0.1) is 0 Å². The van der Waals surface area contributed by atoms with E-state index < -0.39 is 11.4 Å². The average molecular weight is 314 g/mol. The lowest BCUT2D eigenvalue weighted by Crippen LogP contribution is -2.55. The molecule has 4 nitrogen and oxygen atoms in total. The number of halogens is 1. The lowest BCUT2D eigenvalue weighted by Gasteiger charge is -2.37. The fourth-order valence-corrected chi connectivity index (χ4v) is 2.35. The third kappa shape index (κ3) is 3.10. The van der Waals surface area contributed by atoms with Crippen LogP contribution in [0.4, 0.5) is 0 Å². The Balaban J connectivity index is 1.74. The van der Waals surface area contributed by atoms with Crippen LogP contribution in [0.1, 0.15) is 5.56 Å². The summed E-state index contributed by atoms with van der Waals surface area (Å²) in [5, 5.41) is 12.3. The highest BCUT2D eigenvalue weighted by atomic mass is 79.9. The summed E-state index contributed by atoms with van der Waals surface area (Å²) in [6.07, 6.45) is 0.885. The van der Waals surface area contributed by atoms with E-state index in [1.54, 1.807) is 0 Å². The number of rotatable bonds is 6. The van der Waals surface area contributed by atoms with Gasteiger partial charge in [-0.1, -0.05) is 28.1 Å². The molecule has 1 aliphatic rings. The highest BCUT2D eigenvalue weighted by Gasteiger charge is 2.45. The molecule has 2 rings (SSSR count). The first-order valence-corrected chi connectivity index (χ1v) is 6.68. The number of hydrogen-bond donors (Lipinski definition) is 2. The predicted molar refractivity (Wildman–Crippen MR) is 71.6 cm³/mol. The van der Waals surface area contributed by atoms with Crippen molar-refractivity contribution in [2.45, 2.75) is 6.42 Å². The molecule has 0 bridgehead atoms. The summed E-state index contributed by atoms with van der Waals surface area (Å²) in [6.45, 7) is 1.86. The summed E-state index contributed by atoms with van der Waals surface area (Å²) in [5.41, 5.74) is 0.517. The predicted octanol–water partition coefficient (Wildman–Crippen LogP) is 1.68. The Labute approximate surface area is 114 Å². The van der Waals surface area contributed by atoms with Crippen LogP contribution < -0.4 is 5.32 Å². The summed E-state index contributed by atoms with van der Waals surface area (Å²) in [5.74, 6) is -0.774. The average Bonchev–Trinajstić information content (AvgIpc) is 2.26. The first kappa shape index (κ1) is 13.5. The minimum absolute atomic E-state index is 0.312. The maximum absolute atomic E-state index is 11.1. The largest absolute Gasteiger partial charge is 0.481 e. The molecule has 5 heteroatoms. The van der Waals surface area contributed by atoms with Crippen LogP contribution in [0, 0.1) is 5.41 Å². The van der Waals surface area contributed by atoms with Gasteiger partial charge in [0.2, 0.25) is 0 Å². The molecule has 0 spiro atoms. The van der Waals surface area contributed by atoms with Gasteiger partial charge in [0, 0.05) is 11.0 Å². The molecule has 0 aromatic heterocycles. The van der Waals surface area contributed by atoms with Gasteiger partial charge in [0.1, 0.15) is 5.41 Å². The Morgan fingerprint density at radius 1 is 1.50 bits per heavy atom. The molecule has 0 aliphatic carbocycles. The van der Waals surface area contributed by atoms with Crippen LogP contribution in [-0.4, -0.2) is 37.4 Å². The molecule has 0 amide bonds. The number of benzene rings is 1. The summed E-state index contributed by atoms with van der Waals surface area (Å²) < 4.78 is 6.07. The number of carboxylic acids is 1. The molecule has 1 aromatic rings. The maximum Gasteiger partial charge on any atom is 0.315 e. The van der Waals surface area contributed by atoms with Gasteiger partial charge >= 0.3 is 5.97 Å². The standard InChI is InChI=1S/C13H16BrNO3/c14-11-3-1-2-10(6-11)4-5-15-7-13(12(16)17)8-18-9-13/h1-3,6,15H,4-5,7-9H2,(H,16,17). The molecule has 98 valence electrons. The molecular formula is C13H16BrNO3. The topological polar surface area (TPSA) is 58.6 Å². The molecule has 18 heavy (non-hydrogen) atoms. The molecule has 2 N–H and O–H groups in total. The van der Waals surface area contributed by atoms with Gasteiger partial charge in [-0.25, -0.2) is 0 Å². The van der Waals surface area contributed by atoms with Crippen molar-refractivity contribution in [3.05, 3.63) is 34.3 Å². The summed E-state index contributed by atoms with van der Waals surface area (Å²) in [7, 11) is 0. The molecule has 0 unspecified atom stereocenters. The maximum atomic E-state index is 11.1. The number of carboxylic acid groups (broad SMARTS) is 1. The normalized spacial score (nSPS) is 17.2. The fourth-order valence-electron chi connectivity index (χ4n) is 1.90. The van der Waals surface area contributed by atoms with Gasteiger partial charge in [0.25, 0.3) is 0 Å². The number of aliphatic carboxylic acids is 1. The van der Waals surface area contributed by atoms with Crippen LogP contribution in [-0.2, 0) is 16.0 Å². The third-order valence-corrected chi connectivity index (χ3v) is 3.65. The highest BCUT2D eigenvalue weighted by Crippen LogP contribution is 2.26. The Kier molecular flexibility index (Phi) is 4.37. The lowest BCUT2D eigenvalue weighted by atomic mass is 9.86. The molecule has 1 aliphatic heterocycles. The van der Waals surface area contributed by atoms with Crippen LogP contribution in [0.5, 0.6) is 0 Å². The van der Waals surface area contributed by atoms with E-state index in [9.17, 15) is 4.79 Å². The van der Waals surface area contributed by atoms with Gasteiger partial charge in [0.15, 0.2) is 0 Å². The summed E-state index contributed by atoms with van der Waals surface area (Å²) in [4.78, 5) is 11.1. The van der Waals surface area contributed by atoms with Gasteiger partial charge in [-0.2, -0.15) is 0 Å². The van der Waals surface area contributed by atoms with Gasteiger partial charge < -0.3 is 15.2 Å². The molecule has 1 fully saturated rings. The molecular weight excluding hydrogens is 298 g/mol. The number of hydrogen-bond acceptors (Lipinski definition) is 3. The molecule has 1 heterocycles. The second-order valence-electron chi connectivity index (χ2n) is 4.63. The van der Waals surface area contributed by atoms with Gasteiger partial charge in [-0.05, 0) is 30.7 Å². The van der Waals surface area contributed by atoms with Gasteiger partial charge in [-0.3, -0.25) is 4.79 Å². The number of carbonyl (C=O) groups is 1. The zero-order valence-electron chi connectivity index (χ0n) is 9.99. The van der Waals surface area contributed by atoms with Crippen LogP contribution in [0.2, 0.25) is 0 Å². The Morgan fingerprint density at radius 2 is 2.28 bits per heavy atom. The Morgan fingerprint density at radius 3 is 2.83 bits per heavy atom. The molecule has 0 saturated carbocycles. The quantitative estimate of drug-likeness (QED) is 0.785. The first-order chi connectivity index (χ1) is 8.62.